The average Bonchev–Trinajstić information content (AvgIpc) is 2.27. The Morgan fingerprint density at radius 2 is 2.38 bits per heavy atom. The van der Waals surface area contributed by atoms with Crippen molar-refractivity contribution in [3.05, 3.63) is 25.0 Å². The second-order valence-electron chi connectivity index (χ2n) is 3.66. The molecule has 0 saturated heterocycles. The van der Waals surface area contributed by atoms with E-state index < -0.39 is 0 Å². The monoisotopic (exact) mass is 221 g/mol. The summed E-state index contributed by atoms with van der Waals surface area (Å²) in [7, 11) is 0. The molecule has 1 rings (SSSR count). The Bertz CT molecular complexity index is 328. The number of hydrogen-bond acceptors (Lipinski definition) is 4. The molecule has 0 aliphatic rings. The van der Waals surface area contributed by atoms with Gasteiger partial charge in [0.1, 0.15) is 12.1 Å². The summed E-state index contributed by atoms with van der Waals surface area (Å²) in [4.78, 5) is 8.17. The molecular formula is C12H19N3O. The summed E-state index contributed by atoms with van der Waals surface area (Å²) in [5, 5.41) is 3.26. The molecule has 0 amide bonds. The van der Waals surface area contributed by atoms with Crippen molar-refractivity contribution in [2.75, 3.05) is 11.9 Å². The number of nitrogens with zero attached hydrogens (tertiary/aromatic N) is 2. The fraction of sp³-hybridized carbons (Fsp3) is 0.500. The van der Waals surface area contributed by atoms with E-state index in [9.17, 15) is 0 Å². The van der Waals surface area contributed by atoms with Gasteiger partial charge in [0, 0.05) is 12.1 Å². The SMILES string of the molecule is C=CCC(C)Nc1cc(OCCC)ncn1. The van der Waals surface area contributed by atoms with Crippen LogP contribution < -0.4 is 10.1 Å². The van der Waals surface area contributed by atoms with E-state index in [0.29, 0.717) is 18.5 Å². The molecule has 0 aliphatic carbocycles. The zero-order chi connectivity index (χ0) is 11.8. The Morgan fingerprint density at radius 3 is 3.06 bits per heavy atom. The van der Waals surface area contributed by atoms with Crippen molar-refractivity contribution >= 4 is 5.82 Å². The molecule has 1 unspecified atom stereocenters. The van der Waals surface area contributed by atoms with Crippen LogP contribution >= 0.6 is 0 Å². The van der Waals surface area contributed by atoms with Crippen molar-refractivity contribution in [3.8, 4) is 5.88 Å². The first-order valence-electron chi connectivity index (χ1n) is 5.58. The van der Waals surface area contributed by atoms with Crippen molar-refractivity contribution in [2.45, 2.75) is 32.7 Å². The third-order valence-electron chi connectivity index (χ3n) is 2.01. The largest absolute Gasteiger partial charge is 0.478 e. The molecule has 0 spiro atoms. The van der Waals surface area contributed by atoms with Crippen molar-refractivity contribution in [1.82, 2.24) is 9.97 Å². The van der Waals surface area contributed by atoms with Gasteiger partial charge in [0.15, 0.2) is 0 Å². The van der Waals surface area contributed by atoms with Crippen molar-refractivity contribution in [2.24, 2.45) is 0 Å². The van der Waals surface area contributed by atoms with Gasteiger partial charge in [-0.15, -0.1) is 6.58 Å². The van der Waals surface area contributed by atoms with Crippen LogP contribution in [0.1, 0.15) is 26.7 Å². The van der Waals surface area contributed by atoms with Crippen LogP contribution in [0, 0.1) is 0 Å². The van der Waals surface area contributed by atoms with Gasteiger partial charge in [-0.1, -0.05) is 13.0 Å². The van der Waals surface area contributed by atoms with Gasteiger partial charge >= 0.3 is 0 Å². The second kappa shape index (κ2) is 6.82. The first-order valence-corrected chi connectivity index (χ1v) is 5.58. The summed E-state index contributed by atoms with van der Waals surface area (Å²) in [6, 6.07) is 2.13. The molecule has 0 aliphatic heterocycles. The lowest BCUT2D eigenvalue weighted by Gasteiger charge is -2.12. The number of aromatic nitrogens is 2. The van der Waals surface area contributed by atoms with E-state index in [1.807, 2.05) is 12.1 Å². The van der Waals surface area contributed by atoms with E-state index in [-0.39, 0.29) is 0 Å². The maximum Gasteiger partial charge on any atom is 0.218 e. The quantitative estimate of drug-likeness (QED) is 0.719. The summed E-state index contributed by atoms with van der Waals surface area (Å²) < 4.78 is 5.43. The minimum absolute atomic E-state index is 0.312. The Hall–Kier alpha value is -1.58. The molecule has 88 valence electrons. The standard InChI is InChI=1S/C12H19N3O/c1-4-6-10(3)15-11-8-12(14-9-13-11)16-7-5-2/h4,8-10H,1,5-7H2,2-3H3,(H,13,14,15). The van der Waals surface area contributed by atoms with Crippen LogP contribution in [0.25, 0.3) is 0 Å². The van der Waals surface area contributed by atoms with Crippen LogP contribution in [0.3, 0.4) is 0 Å². The van der Waals surface area contributed by atoms with E-state index in [1.165, 1.54) is 6.33 Å². The lowest BCUT2D eigenvalue weighted by atomic mass is 10.2. The second-order valence-corrected chi connectivity index (χ2v) is 3.66. The number of hydrogen-bond donors (Lipinski definition) is 1. The zero-order valence-corrected chi connectivity index (χ0v) is 9.94. The summed E-state index contributed by atoms with van der Waals surface area (Å²) in [6.45, 7) is 8.52. The van der Waals surface area contributed by atoms with Crippen molar-refractivity contribution in [1.29, 1.82) is 0 Å². The predicted octanol–water partition coefficient (Wildman–Crippen LogP) is 2.64. The molecule has 1 aromatic rings. The number of nitrogens with one attached hydrogen (secondary N) is 1. The van der Waals surface area contributed by atoms with Gasteiger partial charge in [0.25, 0.3) is 0 Å². The molecule has 0 bridgehead atoms. The molecule has 16 heavy (non-hydrogen) atoms. The summed E-state index contributed by atoms with van der Waals surface area (Å²) in [6.07, 6.45) is 5.26. The third-order valence-corrected chi connectivity index (χ3v) is 2.01. The lowest BCUT2D eigenvalue weighted by molar-refractivity contribution is 0.305. The highest BCUT2D eigenvalue weighted by Crippen LogP contribution is 2.12. The van der Waals surface area contributed by atoms with Gasteiger partial charge in [-0.25, -0.2) is 9.97 Å². The Labute approximate surface area is 96.8 Å². The summed E-state index contributed by atoms with van der Waals surface area (Å²) in [5.41, 5.74) is 0. The molecule has 1 atom stereocenters. The fourth-order valence-electron chi connectivity index (χ4n) is 1.27. The maximum absolute atomic E-state index is 5.43. The minimum Gasteiger partial charge on any atom is -0.478 e. The normalized spacial score (nSPS) is 11.9. The lowest BCUT2D eigenvalue weighted by Crippen LogP contribution is -2.15. The Balaban J connectivity index is 2.55. The number of rotatable bonds is 7. The smallest absolute Gasteiger partial charge is 0.218 e. The highest BCUT2D eigenvalue weighted by Gasteiger charge is 2.02. The average molecular weight is 221 g/mol. The van der Waals surface area contributed by atoms with Gasteiger partial charge in [-0.2, -0.15) is 0 Å². The first-order chi connectivity index (χ1) is 7.76. The van der Waals surface area contributed by atoms with Crippen molar-refractivity contribution in [3.63, 3.8) is 0 Å². The van der Waals surface area contributed by atoms with E-state index in [1.54, 1.807) is 0 Å². The first kappa shape index (κ1) is 12.5. The molecular weight excluding hydrogens is 202 g/mol. The number of ether oxygens (including phenoxy) is 1. The molecule has 0 radical (unpaired) electrons. The van der Waals surface area contributed by atoms with E-state index >= 15 is 0 Å². The molecule has 0 saturated carbocycles. The Morgan fingerprint density at radius 1 is 1.56 bits per heavy atom. The molecule has 0 fully saturated rings. The van der Waals surface area contributed by atoms with Gasteiger partial charge in [0.2, 0.25) is 5.88 Å². The van der Waals surface area contributed by atoms with Crippen LogP contribution in [0.5, 0.6) is 5.88 Å². The molecule has 1 N–H and O–H groups in total. The third kappa shape index (κ3) is 4.29. The van der Waals surface area contributed by atoms with Crippen LogP contribution in [0.15, 0.2) is 25.0 Å². The minimum atomic E-state index is 0.312. The highest BCUT2D eigenvalue weighted by atomic mass is 16.5. The molecule has 4 nitrogen and oxygen atoms in total. The molecule has 1 heterocycles. The predicted molar refractivity (Wildman–Crippen MR) is 65.7 cm³/mol. The van der Waals surface area contributed by atoms with Gasteiger partial charge in [-0.3, -0.25) is 0 Å². The van der Waals surface area contributed by atoms with E-state index in [4.69, 9.17) is 4.74 Å². The number of anilines is 1. The topological polar surface area (TPSA) is 47.0 Å². The fourth-order valence-corrected chi connectivity index (χ4v) is 1.27. The van der Waals surface area contributed by atoms with Crippen LogP contribution in [0.2, 0.25) is 0 Å². The van der Waals surface area contributed by atoms with Crippen LogP contribution in [-0.4, -0.2) is 22.6 Å². The molecule has 1 aromatic heterocycles. The van der Waals surface area contributed by atoms with Gasteiger partial charge < -0.3 is 10.1 Å². The van der Waals surface area contributed by atoms with Crippen molar-refractivity contribution < 1.29 is 4.74 Å². The summed E-state index contributed by atoms with van der Waals surface area (Å²) >= 11 is 0. The van der Waals surface area contributed by atoms with Gasteiger partial charge in [0.05, 0.1) is 6.61 Å². The highest BCUT2D eigenvalue weighted by molar-refractivity contribution is 5.38. The Kier molecular flexibility index (Phi) is 5.32. The molecule has 0 aromatic carbocycles. The van der Waals surface area contributed by atoms with E-state index in [2.05, 4.69) is 35.7 Å². The van der Waals surface area contributed by atoms with E-state index in [0.717, 1.165) is 18.7 Å². The summed E-state index contributed by atoms with van der Waals surface area (Å²) in [5.74, 6) is 1.40. The van der Waals surface area contributed by atoms with Crippen LogP contribution in [0.4, 0.5) is 5.82 Å². The van der Waals surface area contributed by atoms with Gasteiger partial charge in [-0.05, 0) is 19.8 Å². The zero-order valence-electron chi connectivity index (χ0n) is 9.94. The maximum atomic E-state index is 5.43. The van der Waals surface area contributed by atoms with Crippen LogP contribution in [-0.2, 0) is 0 Å². The molecule has 4 heteroatoms.